The van der Waals surface area contributed by atoms with Crippen molar-refractivity contribution in [1.82, 2.24) is 0 Å². The van der Waals surface area contributed by atoms with Crippen LogP contribution in [0.1, 0.15) is 0 Å². The van der Waals surface area contributed by atoms with Crippen LogP contribution in [-0.2, 0) is 0 Å². The molecule has 0 bridgehead atoms. The van der Waals surface area contributed by atoms with Crippen LogP contribution in [0.4, 0.5) is 34.1 Å². The predicted octanol–water partition coefficient (Wildman–Crippen LogP) is 17.3. The Morgan fingerprint density at radius 3 is 1.23 bits per heavy atom. The van der Waals surface area contributed by atoms with E-state index in [4.69, 9.17) is 0 Å². The molecule has 0 N–H and O–H groups in total. The predicted molar refractivity (Wildman–Crippen MR) is 262 cm³/mol. The van der Waals surface area contributed by atoms with E-state index in [1.165, 1.54) is 67.5 Å². The summed E-state index contributed by atoms with van der Waals surface area (Å²) in [6, 6.07) is 80.2. The summed E-state index contributed by atoms with van der Waals surface area (Å²) in [7, 11) is 0. The lowest BCUT2D eigenvalue weighted by Crippen LogP contribution is -2.13. The second-order valence-corrected chi connectivity index (χ2v) is 17.5. The molecule has 0 saturated heterocycles. The third kappa shape index (κ3) is 5.84. The van der Waals surface area contributed by atoms with Gasteiger partial charge in [0.15, 0.2) is 0 Å². The van der Waals surface area contributed by atoms with Gasteiger partial charge in [-0.1, -0.05) is 121 Å². The first-order valence-electron chi connectivity index (χ1n) is 20.3. The molecule has 0 aliphatic heterocycles. The second-order valence-electron chi connectivity index (χ2n) is 15.3. The summed E-state index contributed by atoms with van der Waals surface area (Å²) < 4.78 is 5.18. The summed E-state index contributed by atoms with van der Waals surface area (Å²) in [4.78, 5) is 4.86. The maximum atomic E-state index is 2.43. The van der Waals surface area contributed by atoms with Crippen molar-refractivity contribution < 1.29 is 0 Å². The highest BCUT2D eigenvalue weighted by atomic mass is 32.1. The van der Waals surface area contributed by atoms with Crippen molar-refractivity contribution in [2.24, 2.45) is 0 Å². The molecule has 12 rings (SSSR count). The summed E-state index contributed by atoms with van der Waals surface area (Å²) in [6.07, 6.45) is 0. The maximum absolute atomic E-state index is 2.43. The molecule has 0 amide bonds. The third-order valence-electron chi connectivity index (χ3n) is 11.8. The van der Waals surface area contributed by atoms with Gasteiger partial charge in [0.25, 0.3) is 0 Å². The zero-order valence-electron chi connectivity index (χ0n) is 32.5. The van der Waals surface area contributed by atoms with Crippen molar-refractivity contribution in [3.8, 4) is 11.1 Å². The number of anilines is 6. The first-order chi connectivity index (χ1) is 29.7. The topological polar surface area (TPSA) is 6.48 Å². The molecular formula is C56H36N2S2. The molecule has 0 radical (unpaired) electrons. The van der Waals surface area contributed by atoms with Gasteiger partial charge in [0.1, 0.15) is 0 Å². The molecule has 2 heterocycles. The number of benzene rings is 10. The third-order valence-corrected chi connectivity index (χ3v) is 14.1. The Bertz CT molecular complexity index is 3390. The Labute approximate surface area is 356 Å². The summed E-state index contributed by atoms with van der Waals surface area (Å²) >= 11 is 3.71. The summed E-state index contributed by atoms with van der Waals surface area (Å²) in [6.45, 7) is 0. The molecule has 0 saturated carbocycles. The number of hydrogen-bond acceptors (Lipinski definition) is 4. The quantitative estimate of drug-likeness (QED) is 0.148. The van der Waals surface area contributed by atoms with Crippen LogP contribution in [-0.4, -0.2) is 0 Å². The summed E-state index contributed by atoms with van der Waals surface area (Å²) in [5, 5.41) is 10.1. The largest absolute Gasteiger partial charge is 0.310 e. The van der Waals surface area contributed by atoms with Crippen LogP contribution in [0.3, 0.4) is 0 Å². The molecule has 12 aromatic rings. The van der Waals surface area contributed by atoms with Gasteiger partial charge in [-0.2, -0.15) is 0 Å². The van der Waals surface area contributed by atoms with Gasteiger partial charge in [0, 0.05) is 74.5 Å². The van der Waals surface area contributed by atoms with E-state index in [1.54, 1.807) is 0 Å². The SMILES string of the molecule is c1ccc(N(c2cc(-c3cc4ccccc4c4ccccc34)cc(N(c3ccccc3)c3ccc4sc5ccccc5c4c3)c2)c2ccc3sc4ccccc4c3c2)cc1. The van der Waals surface area contributed by atoms with Crippen LogP contribution in [0.2, 0.25) is 0 Å². The van der Waals surface area contributed by atoms with E-state index in [-0.39, 0.29) is 0 Å². The summed E-state index contributed by atoms with van der Waals surface area (Å²) in [5.41, 5.74) is 8.92. The standard InChI is InChI=1S/C56H36N2S2/c1-3-16-39(17-4-1)57(41-27-29-55-51(35-41)48-23-11-13-25-53(48)59-55)43-31-38(50-33-37-15-7-8-20-45(37)46-21-9-10-22-47(46)50)32-44(34-43)58(40-18-5-2-6-19-40)42-28-30-56-52(36-42)49-24-12-14-26-54(49)60-56/h1-36H. The van der Waals surface area contributed by atoms with E-state index in [2.05, 4.69) is 228 Å². The monoisotopic (exact) mass is 800 g/mol. The van der Waals surface area contributed by atoms with E-state index >= 15 is 0 Å². The lowest BCUT2D eigenvalue weighted by atomic mass is 9.92. The van der Waals surface area contributed by atoms with Gasteiger partial charge in [-0.05, 0) is 130 Å². The Morgan fingerprint density at radius 2 is 0.683 bits per heavy atom. The van der Waals surface area contributed by atoms with E-state index in [0.29, 0.717) is 0 Å². The van der Waals surface area contributed by atoms with Crippen molar-refractivity contribution in [2.45, 2.75) is 0 Å². The van der Waals surface area contributed by atoms with Gasteiger partial charge in [-0.15, -0.1) is 22.7 Å². The molecule has 2 nitrogen and oxygen atoms in total. The Hall–Kier alpha value is -7.24. The van der Waals surface area contributed by atoms with Crippen molar-refractivity contribution in [3.63, 3.8) is 0 Å². The average molecular weight is 801 g/mol. The molecule has 0 atom stereocenters. The van der Waals surface area contributed by atoms with Gasteiger partial charge in [0.05, 0.1) is 0 Å². The Morgan fingerprint density at radius 1 is 0.250 bits per heavy atom. The fourth-order valence-corrected chi connectivity index (χ4v) is 11.2. The molecule has 0 fully saturated rings. The zero-order chi connectivity index (χ0) is 39.6. The summed E-state index contributed by atoms with van der Waals surface area (Å²) in [5.74, 6) is 0. The molecule has 282 valence electrons. The fraction of sp³-hybridized carbons (Fsp3) is 0. The van der Waals surface area contributed by atoms with Gasteiger partial charge in [-0.25, -0.2) is 0 Å². The van der Waals surface area contributed by atoms with Crippen LogP contribution in [0.5, 0.6) is 0 Å². The lowest BCUT2D eigenvalue weighted by Gasteiger charge is -2.30. The molecule has 4 heteroatoms. The second kappa shape index (κ2) is 14.2. The van der Waals surface area contributed by atoms with Crippen molar-refractivity contribution >= 4 is 119 Å². The van der Waals surface area contributed by atoms with Gasteiger partial charge < -0.3 is 9.80 Å². The first-order valence-corrected chi connectivity index (χ1v) is 22.0. The number of nitrogens with zero attached hydrogens (tertiary/aromatic N) is 2. The lowest BCUT2D eigenvalue weighted by molar-refractivity contribution is 1.25. The minimum absolute atomic E-state index is 1.08. The van der Waals surface area contributed by atoms with Gasteiger partial charge in [0.2, 0.25) is 0 Å². The van der Waals surface area contributed by atoms with Crippen LogP contribution < -0.4 is 9.80 Å². The fourth-order valence-electron chi connectivity index (χ4n) is 9.06. The van der Waals surface area contributed by atoms with Crippen molar-refractivity contribution in [2.75, 3.05) is 9.80 Å². The highest BCUT2D eigenvalue weighted by Gasteiger charge is 2.22. The van der Waals surface area contributed by atoms with Crippen LogP contribution in [0, 0.1) is 0 Å². The zero-order valence-corrected chi connectivity index (χ0v) is 34.1. The van der Waals surface area contributed by atoms with Gasteiger partial charge >= 0.3 is 0 Å². The molecule has 0 unspecified atom stereocenters. The minimum atomic E-state index is 1.08. The first kappa shape index (κ1) is 34.8. The van der Waals surface area contributed by atoms with E-state index in [0.717, 1.165) is 39.7 Å². The Kier molecular flexibility index (Phi) is 8.25. The molecule has 10 aromatic carbocycles. The maximum Gasteiger partial charge on any atom is 0.0488 e. The minimum Gasteiger partial charge on any atom is -0.310 e. The van der Waals surface area contributed by atoms with Crippen molar-refractivity contribution in [3.05, 3.63) is 218 Å². The molecule has 0 spiro atoms. The van der Waals surface area contributed by atoms with Crippen molar-refractivity contribution in [1.29, 1.82) is 0 Å². The number of thiophene rings is 2. The molecule has 0 aliphatic rings. The molecule has 60 heavy (non-hydrogen) atoms. The average Bonchev–Trinajstić information content (AvgIpc) is 3.88. The van der Waals surface area contributed by atoms with E-state index in [9.17, 15) is 0 Å². The molecular weight excluding hydrogens is 765 g/mol. The highest BCUT2D eigenvalue weighted by molar-refractivity contribution is 7.26. The van der Waals surface area contributed by atoms with Crippen LogP contribution >= 0.6 is 22.7 Å². The van der Waals surface area contributed by atoms with E-state index < -0.39 is 0 Å². The van der Waals surface area contributed by atoms with E-state index in [1.807, 2.05) is 22.7 Å². The van der Waals surface area contributed by atoms with Crippen LogP contribution in [0.25, 0.3) is 73.0 Å². The number of para-hydroxylation sites is 2. The van der Waals surface area contributed by atoms with Gasteiger partial charge in [-0.3, -0.25) is 0 Å². The number of fused-ring (bicyclic) bond motifs is 9. The van der Waals surface area contributed by atoms with Crippen LogP contribution in [0.15, 0.2) is 218 Å². The molecule has 0 aliphatic carbocycles. The smallest absolute Gasteiger partial charge is 0.0488 e. The number of hydrogen-bond donors (Lipinski definition) is 0. The normalized spacial score (nSPS) is 11.7. The number of rotatable bonds is 7. The molecule has 2 aromatic heterocycles. The highest BCUT2D eigenvalue weighted by Crippen LogP contribution is 2.47. The Balaban J connectivity index is 1.16.